The molecule has 22 heavy (non-hydrogen) atoms. The lowest BCUT2D eigenvalue weighted by Gasteiger charge is -2.24. The van der Waals surface area contributed by atoms with Crippen LogP contribution in [0.1, 0.15) is 43.1 Å². The number of hydrogen-bond acceptors (Lipinski definition) is 2. The third kappa shape index (κ3) is 4.62. The van der Waals surface area contributed by atoms with Gasteiger partial charge in [0.1, 0.15) is 12.4 Å². The van der Waals surface area contributed by atoms with Crippen LogP contribution >= 0.6 is 0 Å². The fourth-order valence-corrected chi connectivity index (χ4v) is 1.90. The summed E-state index contributed by atoms with van der Waals surface area (Å²) in [6, 6.07) is 17.2. The number of benzene rings is 2. The number of nitrogens with one attached hydrogen (secondary N) is 1. The Morgan fingerprint density at radius 2 is 1.68 bits per heavy atom. The van der Waals surface area contributed by atoms with Gasteiger partial charge in [0.15, 0.2) is 0 Å². The van der Waals surface area contributed by atoms with E-state index in [-0.39, 0.29) is 11.4 Å². The summed E-state index contributed by atoms with van der Waals surface area (Å²) in [4.78, 5) is 12.2. The van der Waals surface area contributed by atoms with Crippen molar-refractivity contribution in [2.24, 2.45) is 0 Å². The van der Waals surface area contributed by atoms with Crippen LogP contribution in [0.4, 0.5) is 0 Å². The molecule has 0 saturated carbocycles. The molecule has 0 bridgehead atoms. The molecule has 0 aliphatic heterocycles. The average molecular weight is 297 g/mol. The van der Waals surface area contributed by atoms with Crippen molar-refractivity contribution in [3.63, 3.8) is 0 Å². The summed E-state index contributed by atoms with van der Waals surface area (Å²) < 4.78 is 5.69. The third-order valence-electron chi connectivity index (χ3n) is 3.70. The van der Waals surface area contributed by atoms with E-state index in [2.05, 4.69) is 12.2 Å². The van der Waals surface area contributed by atoms with Gasteiger partial charge in [-0.15, -0.1) is 0 Å². The molecular weight excluding hydrogens is 274 g/mol. The first-order valence-electron chi connectivity index (χ1n) is 7.59. The van der Waals surface area contributed by atoms with Crippen molar-refractivity contribution >= 4 is 5.91 Å². The Hall–Kier alpha value is -2.29. The number of para-hydroxylation sites is 1. The van der Waals surface area contributed by atoms with Crippen LogP contribution in [-0.2, 0) is 6.61 Å². The predicted molar refractivity (Wildman–Crippen MR) is 89.1 cm³/mol. The highest BCUT2D eigenvalue weighted by Gasteiger charge is 2.18. The Kier molecular flexibility index (Phi) is 5.21. The molecule has 3 heteroatoms. The number of amides is 1. The molecule has 1 N–H and O–H groups in total. The van der Waals surface area contributed by atoms with E-state index < -0.39 is 0 Å². The molecule has 0 spiro atoms. The molecule has 0 unspecified atom stereocenters. The van der Waals surface area contributed by atoms with E-state index in [4.69, 9.17) is 4.74 Å². The maximum atomic E-state index is 12.2. The summed E-state index contributed by atoms with van der Waals surface area (Å²) in [6.45, 7) is 6.59. The fourth-order valence-electron chi connectivity index (χ4n) is 1.90. The molecule has 2 aromatic carbocycles. The van der Waals surface area contributed by atoms with E-state index in [1.54, 1.807) is 0 Å². The summed E-state index contributed by atoms with van der Waals surface area (Å²) in [7, 11) is 0. The Morgan fingerprint density at radius 3 is 2.27 bits per heavy atom. The summed E-state index contributed by atoms with van der Waals surface area (Å²) in [5.41, 5.74) is 1.52. The van der Waals surface area contributed by atoms with E-state index in [0.717, 1.165) is 17.7 Å². The van der Waals surface area contributed by atoms with Crippen LogP contribution in [0.25, 0.3) is 0 Å². The van der Waals surface area contributed by atoms with E-state index in [1.165, 1.54) is 0 Å². The Morgan fingerprint density at radius 1 is 1.05 bits per heavy atom. The van der Waals surface area contributed by atoms with Gasteiger partial charge in [0.2, 0.25) is 0 Å². The number of hydrogen-bond donors (Lipinski definition) is 1. The number of carbonyl (C=O) groups excluding carboxylic acids is 1. The van der Waals surface area contributed by atoms with Crippen molar-refractivity contribution in [2.45, 2.75) is 39.3 Å². The smallest absolute Gasteiger partial charge is 0.251 e. The highest BCUT2D eigenvalue weighted by atomic mass is 16.5. The molecule has 0 fully saturated rings. The molecule has 0 radical (unpaired) electrons. The number of ether oxygens (including phenoxy) is 1. The lowest BCUT2D eigenvalue weighted by Crippen LogP contribution is -2.42. The van der Waals surface area contributed by atoms with Gasteiger partial charge in [0.25, 0.3) is 5.91 Å². The zero-order valence-corrected chi connectivity index (χ0v) is 13.4. The van der Waals surface area contributed by atoms with Crippen molar-refractivity contribution in [1.82, 2.24) is 5.32 Å². The van der Waals surface area contributed by atoms with Gasteiger partial charge >= 0.3 is 0 Å². The standard InChI is InChI=1S/C19H23NO2/c1-4-19(2,3)20-18(21)16-12-10-15(11-13-16)14-22-17-8-6-5-7-9-17/h5-13H,4,14H2,1-3H3,(H,20,21). The van der Waals surface area contributed by atoms with Crippen molar-refractivity contribution in [3.8, 4) is 5.75 Å². The topological polar surface area (TPSA) is 38.3 Å². The second kappa shape index (κ2) is 7.12. The van der Waals surface area contributed by atoms with Gasteiger partial charge in [-0.1, -0.05) is 37.3 Å². The Bertz CT molecular complexity index is 603. The molecular formula is C19H23NO2. The minimum absolute atomic E-state index is 0.0395. The first kappa shape index (κ1) is 16.1. The number of rotatable bonds is 6. The van der Waals surface area contributed by atoms with Gasteiger partial charge in [-0.2, -0.15) is 0 Å². The molecule has 0 aliphatic rings. The molecule has 2 rings (SSSR count). The largest absolute Gasteiger partial charge is 0.489 e. The van der Waals surface area contributed by atoms with Crippen LogP contribution in [0.3, 0.4) is 0 Å². The van der Waals surface area contributed by atoms with Crippen molar-refractivity contribution in [2.75, 3.05) is 0 Å². The SMILES string of the molecule is CCC(C)(C)NC(=O)c1ccc(COc2ccccc2)cc1. The second-order valence-electron chi connectivity index (χ2n) is 5.99. The quantitative estimate of drug-likeness (QED) is 0.868. The second-order valence-corrected chi connectivity index (χ2v) is 5.99. The minimum Gasteiger partial charge on any atom is -0.489 e. The molecule has 0 atom stereocenters. The summed E-state index contributed by atoms with van der Waals surface area (Å²) in [5, 5.41) is 3.03. The van der Waals surface area contributed by atoms with Crippen molar-refractivity contribution in [1.29, 1.82) is 0 Å². The average Bonchev–Trinajstić information content (AvgIpc) is 2.54. The lowest BCUT2D eigenvalue weighted by atomic mass is 10.0. The van der Waals surface area contributed by atoms with E-state index >= 15 is 0 Å². The normalized spacial score (nSPS) is 11.0. The maximum Gasteiger partial charge on any atom is 0.251 e. The van der Waals surface area contributed by atoms with Crippen molar-refractivity contribution < 1.29 is 9.53 Å². The highest BCUT2D eigenvalue weighted by molar-refractivity contribution is 5.94. The molecule has 0 heterocycles. The van der Waals surface area contributed by atoms with Gasteiger partial charge in [0.05, 0.1) is 0 Å². The fraction of sp³-hybridized carbons (Fsp3) is 0.316. The Labute approximate surface area is 132 Å². The zero-order valence-electron chi connectivity index (χ0n) is 13.4. The summed E-state index contributed by atoms with van der Waals surface area (Å²) in [6.07, 6.45) is 0.891. The van der Waals surface area contributed by atoms with Gasteiger partial charge in [-0.25, -0.2) is 0 Å². The molecule has 3 nitrogen and oxygen atoms in total. The maximum absolute atomic E-state index is 12.2. The third-order valence-corrected chi connectivity index (χ3v) is 3.70. The number of carbonyl (C=O) groups is 1. The first-order chi connectivity index (χ1) is 10.5. The van der Waals surface area contributed by atoms with Gasteiger partial charge < -0.3 is 10.1 Å². The molecule has 0 aliphatic carbocycles. The zero-order chi connectivity index (χ0) is 16.0. The highest BCUT2D eigenvalue weighted by Crippen LogP contribution is 2.13. The molecule has 0 saturated heterocycles. The van der Waals surface area contributed by atoms with E-state index in [1.807, 2.05) is 68.4 Å². The van der Waals surface area contributed by atoms with Crippen LogP contribution < -0.4 is 10.1 Å². The first-order valence-corrected chi connectivity index (χ1v) is 7.59. The molecule has 1 amide bonds. The van der Waals surface area contributed by atoms with Gasteiger partial charge in [0, 0.05) is 11.1 Å². The van der Waals surface area contributed by atoms with Crippen LogP contribution in [-0.4, -0.2) is 11.4 Å². The van der Waals surface area contributed by atoms with Gasteiger partial charge in [-0.05, 0) is 50.1 Å². The van der Waals surface area contributed by atoms with Crippen LogP contribution in [0.15, 0.2) is 54.6 Å². The minimum atomic E-state index is -0.188. The monoisotopic (exact) mass is 297 g/mol. The van der Waals surface area contributed by atoms with Gasteiger partial charge in [-0.3, -0.25) is 4.79 Å². The predicted octanol–water partition coefficient (Wildman–Crippen LogP) is 4.18. The van der Waals surface area contributed by atoms with Crippen LogP contribution in [0, 0.1) is 0 Å². The molecule has 2 aromatic rings. The van der Waals surface area contributed by atoms with Crippen LogP contribution in [0.5, 0.6) is 5.75 Å². The Balaban J connectivity index is 1.94. The van der Waals surface area contributed by atoms with E-state index in [9.17, 15) is 4.79 Å². The summed E-state index contributed by atoms with van der Waals surface area (Å²) in [5.74, 6) is 0.802. The molecule has 0 aromatic heterocycles. The van der Waals surface area contributed by atoms with Crippen LogP contribution in [0.2, 0.25) is 0 Å². The lowest BCUT2D eigenvalue weighted by molar-refractivity contribution is 0.0911. The van der Waals surface area contributed by atoms with E-state index in [0.29, 0.717) is 12.2 Å². The van der Waals surface area contributed by atoms with Crippen molar-refractivity contribution in [3.05, 3.63) is 65.7 Å². The molecule has 116 valence electrons. The summed E-state index contributed by atoms with van der Waals surface area (Å²) >= 11 is 0.